The second-order valence-electron chi connectivity index (χ2n) is 7.81. The van der Waals surface area contributed by atoms with Crippen LogP contribution in [0.5, 0.6) is 5.75 Å². The van der Waals surface area contributed by atoms with Crippen LogP contribution in [-0.2, 0) is 23.6 Å². The molecule has 0 aliphatic carbocycles. The molecule has 1 aromatic heterocycles. The lowest BCUT2D eigenvalue weighted by Crippen LogP contribution is -2.35. The summed E-state index contributed by atoms with van der Waals surface area (Å²) in [6.45, 7) is 1.49. The Hall–Kier alpha value is -2.84. The molecular weight excluding hydrogens is 414 g/mol. The van der Waals surface area contributed by atoms with E-state index in [1.165, 1.54) is 0 Å². The Kier molecular flexibility index (Phi) is 6.02. The van der Waals surface area contributed by atoms with E-state index in [2.05, 4.69) is 5.32 Å². The maximum atomic E-state index is 13.0. The maximum absolute atomic E-state index is 13.0. The number of ether oxygens (including phenoxy) is 1. The van der Waals surface area contributed by atoms with E-state index in [0.29, 0.717) is 25.3 Å². The van der Waals surface area contributed by atoms with Gasteiger partial charge in [-0.3, -0.25) is 4.79 Å². The van der Waals surface area contributed by atoms with Gasteiger partial charge < -0.3 is 14.6 Å². The van der Waals surface area contributed by atoms with Crippen molar-refractivity contribution < 1.29 is 17.9 Å². The van der Waals surface area contributed by atoms with Gasteiger partial charge in [-0.1, -0.05) is 18.6 Å². The molecule has 0 radical (unpaired) electrons. The summed E-state index contributed by atoms with van der Waals surface area (Å²) in [4.78, 5) is 13.1. The topological polar surface area (TPSA) is 80.6 Å². The van der Waals surface area contributed by atoms with Crippen LogP contribution < -0.4 is 10.1 Å². The summed E-state index contributed by atoms with van der Waals surface area (Å²) in [5.41, 5.74) is 2.22. The zero-order valence-electron chi connectivity index (χ0n) is 17.8. The Labute approximate surface area is 182 Å². The number of fused-ring (bicyclic) bond motifs is 1. The lowest BCUT2D eigenvalue weighted by Gasteiger charge is -2.25. The van der Waals surface area contributed by atoms with Crippen LogP contribution in [0.1, 0.15) is 35.3 Å². The van der Waals surface area contributed by atoms with E-state index in [1.807, 2.05) is 31.3 Å². The lowest BCUT2D eigenvalue weighted by molar-refractivity contribution is 0.0943. The molecule has 1 amide bonds. The second kappa shape index (κ2) is 8.72. The molecule has 0 bridgehead atoms. The number of hydrogen-bond donors (Lipinski definition) is 1. The standard InChI is InChI=1S/C23H27N3O4S/c1-25-21-10-9-20(31(28,29)26-11-4-3-5-12-26)14-18(21)15-22(25)23(27)24-16-17-7-6-8-19(13-17)30-2/h6-10,13-15H,3-5,11-12,16H2,1-2H3,(H,24,27). The third-order valence-electron chi connectivity index (χ3n) is 5.79. The molecule has 164 valence electrons. The molecule has 1 aliphatic heterocycles. The monoisotopic (exact) mass is 441 g/mol. The Balaban J connectivity index is 1.56. The lowest BCUT2D eigenvalue weighted by atomic mass is 10.2. The summed E-state index contributed by atoms with van der Waals surface area (Å²) in [5, 5.41) is 3.65. The number of benzene rings is 2. The molecule has 2 aromatic carbocycles. The summed E-state index contributed by atoms with van der Waals surface area (Å²) < 4.78 is 34.6. The van der Waals surface area contributed by atoms with E-state index < -0.39 is 10.0 Å². The largest absolute Gasteiger partial charge is 0.497 e. The van der Waals surface area contributed by atoms with E-state index in [-0.39, 0.29) is 10.8 Å². The van der Waals surface area contributed by atoms with Crippen molar-refractivity contribution in [1.82, 2.24) is 14.2 Å². The average molecular weight is 442 g/mol. The summed E-state index contributed by atoms with van der Waals surface area (Å²) in [6.07, 6.45) is 2.85. The Morgan fingerprint density at radius 2 is 1.84 bits per heavy atom. The molecule has 0 atom stereocenters. The van der Waals surface area contributed by atoms with E-state index in [4.69, 9.17) is 4.74 Å². The molecule has 1 N–H and O–H groups in total. The van der Waals surface area contributed by atoms with Gasteiger partial charge in [0.2, 0.25) is 10.0 Å². The number of nitrogens with zero attached hydrogens (tertiary/aromatic N) is 2. The minimum Gasteiger partial charge on any atom is -0.497 e. The first kappa shape index (κ1) is 21.4. The van der Waals surface area contributed by atoms with Crippen molar-refractivity contribution in [2.24, 2.45) is 7.05 Å². The molecule has 4 rings (SSSR count). The highest BCUT2D eigenvalue weighted by Crippen LogP contribution is 2.26. The minimum atomic E-state index is -3.52. The first-order valence-electron chi connectivity index (χ1n) is 10.4. The van der Waals surface area contributed by atoms with Gasteiger partial charge >= 0.3 is 0 Å². The molecule has 7 nitrogen and oxygen atoms in total. The fraction of sp³-hybridized carbons (Fsp3) is 0.348. The molecule has 1 fully saturated rings. The number of amides is 1. The van der Waals surface area contributed by atoms with Gasteiger partial charge in [-0.15, -0.1) is 0 Å². The van der Waals surface area contributed by atoms with Gasteiger partial charge in [0.25, 0.3) is 5.91 Å². The van der Waals surface area contributed by atoms with E-state index >= 15 is 0 Å². The third kappa shape index (κ3) is 4.31. The molecule has 8 heteroatoms. The number of hydrogen-bond acceptors (Lipinski definition) is 4. The van der Waals surface area contributed by atoms with Gasteiger partial charge in [0.1, 0.15) is 11.4 Å². The van der Waals surface area contributed by atoms with Crippen molar-refractivity contribution in [3.63, 3.8) is 0 Å². The molecule has 0 unspecified atom stereocenters. The zero-order chi connectivity index (χ0) is 22.0. The number of aryl methyl sites for hydroxylation is 1. The van der Waals surface area contributed by atoms with Crippen molar-refractivity contribution in [2.75, 3.05) is 20.2 Å². The molecular formula is C23H27N3O4S. The van der Waals surface area contributed by atoms with Gasteiger partial charge in [0.05, 0.1) is 12.0 Å². The number of methoxy groups -OCH3 is 1. The SMILES string of the molecule is COc1cccc(CNC(=O)c2cc3cc(S(=O)(=O)N4CCCCC4)ccc3n2C)c1. The number of aromatic nitrogens is 1. The molecule has 0 spiro atoms. The van der Waals surface area contributed by atoms with Crippen molar-refractivity contribution >= 4 is 26.8 Å². The first-order valence-corrected chi connectivity index (χ1v) is 11.8. The Morgan fingerprint density at radius 1 is 1.06 bits per heavy atom. The second-order valence-corrected chi connectivity index (χ2v) is 9.75. The predicted octanol–water partition coefficient (Wildman–Crippen LogP) is 3.29. The number of carbonyl (C=O) groups is 1. The zero-order valence-corrected chi connectivity index (χ0v) is 18.6. The fourth-order valence-electron chi connectivity index (χ4n) is 4.02. The molecule has 1 saturated heterocycles. The molecule has 31 heavy (non-hydrogen) atoms. The van der Waals surface area contributed by atoms with Crippen LogP contribution in [0.25, 0.3) is 10.9 Å². The molecule has 2 heterocycles. The van der Waals surface area contributed by atoms with E-state index in [1.54, 1.807) is 40.2 Å². The minimum absolute atomic E-state index is 0.220. The number of carbonyl (C=O) groups excluding carboxylic acids is 1. The number of piperidine rings is 1. The summed E-state index contributed by atoms with van der Waals surface area (Å²) in [6, 6.07) is 14.3. The van der Waals surface area contributed by atoms with Crippen LogP contribution in [0, 0.1) is 0 Å². The first-order chi connectivity index (χ1) is 14.9. The molecule has 3 aromatic rings. The van der Waals surface area contributed by atoms with Crippen molar-refractivity contribution in [3.05, 3.63) is 59.8 Å². The normalized spacial score (nSPS) is 15.2. The van der Waals surface area contributed by atoms with Crippen LogP contribution in [-0.4, -0.2) is 43.4 Å². The van der Waals surface area contributed by atoms with Gasteiger partial charge in [-0.25, -0.2) is 8.42 Å². The summed E-state index contributed by atoms with van der Waals surface area (Å²) in [7, 11) is -0.107. The number of nitrogens with one attached hydrogen (secondary N) is 1. The van der Waals surface area contributed by atoms with E-state index in [9.17, 15) is 13.2 Å². The van der Waals surface area contributed by atoms with Crippen LogP contribution in [0.4, 0.5) is 0 Å². The number of sulfonamides is 1. The van der Waals surface area contributed by atoms with Crippen molar-refractivity contribution in [3.8, 4) is 5.75 Å². The van der Waals surface area contributed by atoms with Crippen LogP contribution in [0.2, 0.25) is 0 Å². The third-order valence-corrected chi connectivity index (χ3v) is 7.68. The Bertz CT molecular complexity index is 1210. The fourth-order valence-corrected chi connectivity index (χ4v) is 5.57. The summed E-state index contributed by atoms with van der Waals surface area (Å²) in [5.74, 6) is 0.515. The van der Waals surface area contributed by atoms with Crippen LogP contribution in [0.3, 0.4) is 0 Å². The number of rotatable bonds is 6. The highest BCUT2D eigenvalue weighted by Gasteiger charge is 2.26. The highest BCUT2D eigenvalue weighted by atomic mass is 32.2. The van der Waals surface area contributed by atoms with Gasteiger partial charge in [0.15, 0.2) is 0 Å². The average Bonchev–Trinajstić information content (AvgIpc) is 3.14. The van der Waals surface area contributed by atoms with Crippen molar-refractivity contribution in [1.29, 1.82) is 0 Å². The van der Waals surface area contributed by atoms with Crippen LogP contribution >= 0.6 is 0 Å². The maximum Gasteiger partial charge on any atom is 0.268 e. The van der Waals surface area contributed by atoms with E-state index in [0.717, 1.165) is 41.5 Å². The van der Waals surface area contributed by atoms with Gasteiger partial charge in [-0.2, -0.15) is 4.31 Å². The summed E-state index contributed by atoms with van der Waals surface area (Å²) >= 11 is 0. The quantitative estimate of drug-likeness (QED) is 0.637. The predicted molar refractivity (Wildman–Crippen MR) is 120 cm³/mol. The van der Waals surface area contributed by atoms with Gasteiger partial charge in [0, 0.05) is 37.6 Å². The highest BCUT2D eigenvalue weighted by molar-refractivity contribution is 7.89. The Morgan fingerprint density at radius 3 is 2.58 bits per heavy atom. The van der Waals surface area contributed by atoms with Crippen LogP contribution in [0.15, 0.2) is 53.4 Å². The molecule has 0 saturated carbocycles. The van der Waals surface area contributed by atoms with Crippen molar-refractivity contribution in [2.45, 2.75) is 30.7 Å². The van der Waals surface area contributed by atoms with Gasteiger partial charge in [-0.05, 0) is 54.8 Å². The smallest absolute Gasteiger partial charge is 0.268 e. The molecule has 1 aliphatic rings.